The van der Waals surface area contributed by atoms with Gasteiger partial charge in [0.15, 0.2) is 23.0 Å². The zero-order chi connectivity index (χ0) is 22.6. The second-order valence-electron chi connectivity index (χ2n) is 5.57. The highest BCUT2D eigenvalue weighted by Crippen LogP contribution is 2.51. The number of nitrogens with one attached hydrogen (secondary N) is 1. The van der Waals surface area contributed by atoms with Crippen LogP contribution < -0.4 is 23.8 Å². The Morgan fingerprint density at radius 2 is 1.33 bits per heavy atom. The molecule has 164 valence electrons. The van der Waals surface area contributed by atoms with E-state index in [1.54, 1.807) is 48.5 Å². The molecular weight excluding hydrogens is 435 g/mol. The van der Waals surface area contributed by atoms with Crippen LogP contribution in [0.3, 0.4) is 0 Å². The molecule has 0 aliphatic carbocycles. The predicted octanol–water partition coefficient (Wildman–Crippen LogP) is 2.93. The fourth-order valence-electron chi connectivity index (χ4n) is 2.02. The fourth-order valence-corrected chi connectivity index (χ4v) is 3.47. The molecule has 0 aliphatic rings. The molecule has 0 bridgehead atoms. The number of methoxy groups -OCH3 is 2. The van der Waals surface area contributed by atoms with Gasteiger partial charge in [0.25, 0.3) is 10.1 Å². The molecule has 30 heavy (non-hydrogen) atoms. The van der Waals surface area contributed by atoms with Crippen molar-refractivity contribution in [2.45, 2.75) is 0 Å². The quantitative estimate of drug-likeness (QED) is 0.249. The van der Waals surface area contributed by atoms with Gasteiger partial charge < -0.3 is 18.5 Å². The van der Waals surface area contributed by atoms with Gasteiger partial charge in [-0.2, -0.15) is 13.7 Å². The van der Waals surface area contributed by atoms with E-state index >= 15 is 0 Å². The number of para-hydroxylation sites is 4. The van der Waals surface area contributed by atoms with E-state index in [0.29, 0.717) is 17.8 Å². The molecule has 0 spiro atoms. The molecule has 0 aromatic heterocycles. The summed E-state index contributed by atoms with van der Waals surface area (Å²) in [6, 6.07) is 15.5. The van der Waals surface area contributed by atoms with Crippen LogP contribution in [0, 0.1) is 11.3 Å². The van der Waals surface area contributed by atoms with E-state index < -0.39 is 17.7 Å². The Morgan fingerprint density at radius 1 is 0.967 bits per heavy atom. The van der Waals surface area contributed by atoms with Crippen molar-refractivity contribution in [1.82, 2.24) is 5.32 Å². The summed E-state index contributed by atoms with van der Waals surface area (Å²) in [5.74, 6) is 1.40. The van der Waals surface area contributed by atoms with Crippen molar-refractivity contribution < 1.29 is 36.1 Å². The Balaban J connectivity index is 0.000000804. The molecule has 2 aromatic carbocycles. The lowest BCUT2D eigenvalue weighted by Gasteiger charge is -2.22. The second-order valence-corrected chi connectivity index (χ2v) is 8.94. The summed E-state index contributed by atoms with van der Waals surface area (Å²) in [6.07, 6.45) is 0.559. The molecule has 0 saturated carbocycles. The lowest BCUT2D eigenvalue weighted by Crippen LogP contribution is -2.20. The van der Waals surface area contributed by atoms with E-state index in [2.05, 4.69) is 5.32 Å². The molecule has 2 N–H and O–H groups in total. The maximum atomic E-state index is 13.2. The minimum absolute atomic E-state index is 0.00849. The van der Waals surface area contributed by atoms with Crippen LogP contribution in [0.5, 0.6) is 23.0 Å². The first-order valence-corrected chi connectivity index (χ1v) is 11.9. The summed E-state index contributed by atoms with van der Waals surface area (Å²) in [6.45, 7) is 0.00849. The number of hydrogen-bond acceptors (Lipinski definition) is 9. The third kappa shape index (κ3) is 9.62. The molecule has 10 nitrogen and oxygen atoms in total. The lowest BCUT2D eigenvalue weighted by molar-refractivity contribution is 0.344. The van der Waals surface area contributed by atoms with Crippen molar-refractivity contribution in [3.8, 4) is 29.1 Å². The number of nitriles is 1. The van der Waals surface area contributed by atoms with Crippen molar-refractivity contribution in [3.05, 3.63) is 48.5 Å². The summed E-state index contributed by atoms with van der Waals surface area (Å²) in [5.41, 5.74) is 0. The highest BCUT2D eigenvalue weighted by molar-refractivity contribution is 7.85. The highest BCUT2D eigenvalue weighted by atomic mass is 32.2. The van der Waals surface area contributed by atoms with Gasteiger partial charge >= 0.3 is 7.60 Å². The minimum atomic E-state index is -3.70. The van der Waals surface area contributed by atoms with Gasteiger partial charge in [0.05, 0.1) is 33.1 Å². The standard InChI is InChI=1S/C17H19N2O5P.CH4O3S/c1-21-14-7-3-5-9-16(14)23-25(20,13-19-12-11-18)24-17-10-6-4-8-15(17)22-2;1-5(2,3)4/h3-10,19H,12-13H2,1-2H3;1H3,(H,2,3,4). The topological polar surface area (TPSA) is 144 Å². The molecule has 0 aliphatic heterocycles. The first-order chi connectivity index (χ1) is 14.1. The van der Waals surface area contributed by atoms with Gasteiger partial charge in [-0.05, 0) is 24.3 Å². The van der Waals surface area contributed by atoms with Gasteiger partial charge in [-0.15, -0.1) is 0 Å². The summed E-state index contributed by atoms with van der Waals surface area (Å²) in [7, 11) is -4.39. The van der Waals surface area contributed by atoms with Gasteiger partial charge in [-0.3, -0.25) is 9.87 Å². The van der Waals surface area contributed by atoms with Crippen molar-refractivity contribution in [1.29, 1.82) is 5.26 Å². The molecule has 12 heteroatoms. The van der Waals surface area contributed by atoms with Crippen molar-refractivity contribution in [2.75, 3.05) is 33.3 Å². The van der Waals surface area contributed by atoms with Gasteiger partial charge in [0.2, 0.25) is 0 Å². The molecular formula is C18H23N2O8PS. The summed E-state index contributed by atoms with van der Waals surface area (Å²) >= 11 is 0. The molecule has 0 amide bonds. The van der Waals surface area contributed by atoms with E-state index in [1.807, 2.05) is 6.07 Å². The molecule has 2 rings (SSSR count). The first-order valence-electron chi connectivity index (χ1n) is 8.36. The van der Waals surface area contributed by atoms with Crippen LogP contribution in [0.4, 0.5) is 0 Å². The van der Waals surface area contributed by atoms with Crippen LogP contribution in [0.1, 0.15) is 0 Å². The van der Waals surface area contributed by atoms with E-state index in [-0.39, 0.29) is 24.3 Å². The number of nitrogens with zero attached hydrogens (tertiary/aromatic N) is 1. The van der Waals surface area contributed by atoms with Crippen LogP contribution in [-0.4, -0.2) is 46.3 Å². The second kappa shape index (κ2) is 12.0. The summed E-state index contributed by atoms with van der Waals surface area (Å²) < 4.78 is 60.8. The number of rotatable bonds is 9. The van der Waals surface area contributed by atoms with E-state index in [0.717, 1.165) is 0 Å². The largest absolute Gasteiger partial charge is 0.493 e. The zero-order valence-corrected chi connectivity index (χ0v) is 18.4. The van der Waals surface area contributed by atoms with Crippen molar-refractivity contribution in [2.24, 2.45) is 0 Å². The van der Waals surface area contributed by atoms with Crippen LogP contribution in [0.2, 0.25) is 0 Å². The van der Waals surface area contributed by atoms with Crippen LogP contribution >= 0.6 is 7.60 Å². The predicted molar refractivity (Wildman–Crippen MR) is 111 cm³/mol. The Kier molecular flexibility index (Phi) is 10.1. The monoisotopic (exact) mass is 458 g/mol. The fraction of sp³-hybridized carbons (Fsp3) is 0.278. The number of benzene rings is 2. The molecule has 0 saturated heterocycles. The first kappa shape index (κ1) is 25.3. The SMILES string of the molecule is COc1ccccc1OP(=O)(CNCC#N)Oc1ccccc1OC.CS(=O)(=O)O. The Morgan fingerprint density at radius 3 is 1.67 bits per heavy atom. The maximum absolute atomic E-state index is 13.2. The normalized spacial score (nSPS) is 10.8. The van der Waals surface area contributed by atoms with Crippen LogP contribution in [-0.2, 0) is 14.7 Å². The van der Waals surface area contributed by atoms with E-state index in [1.165, 1.54) is 14.2 Å². The number of hydrogen-bond donors (Lipinski definition) is 2. The van der Waals surface area contributed by atoms with Gasteiger partial charge in [-0.1, -0.05) is 24.3 Å². The van der Waals surface area contributed by atoms with E-state index in [9.17, 15) is 13.0 Å². The Hall–Kier alpha value is -2.77. The Bertz CT molecular complexity index is 946. The Labute approximate surface area is 175 Å². The summed E-state index contributed by atoms with van der Waals surface area (Å²) in [4.78, 5) is 0. The number of ether oxygens (including phenoxy) is 2. The smallest absolute Gasteiger partial charge is 0.444 e. The summed E-state index contributed by atoms with van der Waals surface area (Å²) in [5, 5.41) is 11.4. The third-order valence-corrected chi connectivity index (χ3v) is 4.68. The molecule has 0 atom stereocenters. The van der Waals surface area contributed by atoms with Gasteiger partial charge in [-0.25, -0.2) is 4.57 Å². The zero-order valence-electron chi connectivity index (χ0n) is 16.6. The van der Waals surface area contributed by atoms with Crippen LogP contribution in [0.25, 0.3) is 0 Å². The molecule has 2 aromatic rings. The molecule has 0 fully saturated rings. The average molecular weight is 458 g/mol. The molecule has 0 unspecified atom stereocenters. The van der Waals surface area contributed by atoms with Crippen LogP contribution in [0.15, 0.2) is 48.5 Å². The van der Waals surface area contributed by atoms with Crippen molar-refractivity contribution >= 4 is 17.7 Å². The minimum Gasteiger partial charge on any atom is -0.493 e. The maximum Gasteiger partial charge on any atom is 0.444 e. The van der Waals surface area contributed by atoms with E-state index in [4.69, 9.17) is 28.3 Å². The average Bonchev–Trinajstić information content (AvgIpc) is 2.67. The lowest BCUT2D eigenvalue weighted by atomic mass is 10.3. The third-order valence-electron chi connectivity index (χ3n) is 3.12. The molecule has 0 radical (unpaired) electrons. The van der Waals surface area contributed by atoms with Gasteiger partial charge in [0.1, 0.15) is 6.29 Å². The van der Waals surface area contributed by atoms with Crippen molar-refractivity contribution in [3.63, 3.8) is 0 Å². The molecule has 0 heterocycles. The van der Waals surface area contributed by atoms with Gasteiger partial charge in [0, 0.05) is 0 Å². The highest BCUT2D eigenvalue weighted by Gasteiger charge is 2.30.